The van der Waals surface area contributed by atoms with Crippen LogP contribution in [0, 0.1) is 13.8 Å². The summed E-state index contributed by atoms with van der Waals surface area (Å²) < 4.78 is 2.13. The number of hydrogen-bond donors (Lipinski definition) is 1. The molecule has 13 heavy (non-hydrogen) atoms. The molecule has 1 aliphatic rings. The zero-order valence-electron chi connectivity index (χ0n) is 8.41. The van der Waals surface area contributed by atoms with Gasteiger partial charge in [-0.05, 0) is 13.8 Å². The fourth-order valence-corrected chi connectivity index (χ4v) is 1.66. The van der Waals surface area contributed by atoms with Crippen LogP contribution in [-0.4, -0.2) is 28.7 Å². The molecule has 0 aliphatic carbocycles. The Morgan fingerprint density at radius 2 is 2.00 bits per heavy atom. The predicted molar refractivity (Wildman–Crippen MR) is 52.9 cm³/mol. The molecule has 1 saturated heterocycles. The molecule has 2 heterocycles. The van der Waals surface area contributed by atoms with Gasteiger partial charge in [0, 0.05) is 31.9 Å². The Labute approximate surface area is 78.4 Å². The average molecular weight is 180 g/mol. The Morgan fingerprint density at radius 3 is 2.38 bits per heavy atom. The second kappa shape index (κ2) is 2.73. The van der Waals surface area contributed by atoms with Crippen LogP contribution in [0.5, 0.6) is 0 Å². The summed E-state index contributed by atoms with van der Waals surface area (Å²) in [4.78, 5) is 6.71. The van der Waals surface area contributed by atoms with Crippen LogP contribution in [0.4, 0.5) is 5.95 Å². The molecule has 1 aromatic rings. The molecule has 2 N–H and O–H groups in total. The van der Waals surface area contributed by atoms with E-state index in [9.17, 15) is 0 Å². The maximum absolute atomic E-state index is 5.72. The number of aromatic nitrogens is 2. The smallest absolute Gasteiger partial charge is 0.205 e. The van der Waals surface area contributed by atoms with Crippen molar-refractivity contribution in [1.82, 2.24) is 9.55 Å². The van der Waals surface area contributed by atoms with Gasteiger partial charge in [-0.3, -0.25) is 0 Å². The summed E-state index contributed by atoms with van der Waals surface area (Å²) in [6, 6.07) is 0.331. The Bertz CT molecular complexity index is 323. The van der Waals surface area contributed by atoms with Crippen molar-refractivity contribution in [3.05, 3.63) is 11.4 Å². The molecule has 1 aromatic heterocycles. The molecule has 0 unspecified atom stereocenters. The molecule has 1 aliphatic heterocycles. The molecule has 2 rings (SSSR count). The van der Waals surface area contributed by atoms with Crippen molar-refractivity contribution >= 4 is 5.95 Å². The fourth-order valence-electron chi connectivity index (χ4n) is 1.66. The van der Waals surface area contributed by atoms with Crippen molar-refractivity contribution in [2.24, 2.45) is 12.8 Å². The molecule has 0 bridgehead atoms. The van der Waals surface area contributed by atoms with Crippen molar-refractivity contribution in [3.8, 4) is 0 Å². The average Bonchev–Trinajstić information content (AvgIpc) is 2.27. The molecule has 4 heteroatoms. The summed E-state index contributed by atoms with van der Waals surface area (Å²) in [5.41, 5.74) is 8.06. The molecular weight excluding hydrogens is 164 g/mol. The molecule has 0 radical (unpaired) electrons. The van der Waals surface area contributed by atoms with Gasteiger partial charge in [-0.1, -0.05) is 0 Å². The highest BCUT2D eigenvalue weighted by molar-refractivity contribution is 5.40. The van der Waals surface area contributed by atoms with Crippen LogP contribution >= 0.6 is 0 Å². The van der Waals surface area contributed by atoms with E-state index < -0.39 is 0 Å². The number of nitrogens with two attached hydrogens (primary N) is 1. The van der Waals surface area contributed by atoms with Gasteiger partial charge in [0.2, 0.25) is 5.95 Å². The largest absolute Gasteiger partial charge is 0.339 e. The SMILES string of the molecule is Cc1nc(N2CC(N)C2)n(C)c1C. The van der Waals surface area contributed by atoms with Crippen LogP contribution in [0.15, 0.2) is 0 Å². The van der Waals surface area contributed by atoms with Crippen molar-refractivity contribution in [3.63, 3.8) is 0 Å². The van der Waals surface area contributed by atoms with Gasteiger partial charge in [0.05, 0.1) is 5.69 Å². The Kier molecular flexibility index (Phi) is 1.80. The zero-order chi connectivity index (χ0) is 9.59. The first-order valence-electron chi connectivity index (χ1n) is 4.60. The van der Waals surface area contributed by atoms with Crippen LogP contribution in [-0.2, 0) is 7.05 Å². The Hall–Kier alpha value is -1.03. The molecule has 0 spiro atoms. The summed E-state index contributed by atoms with van der Waals surface area (Å²) in [7, 11) is 2.05. The van der Waals surface area contributed by atoms with Gasteiger partial charge >= 0.3 is 0 Å². The second-order valence-electron chi connectivity index (χ2n) is 3.81. The normalized spacial score (nSPS) is 17.7. The summed E-state index contributed by atoms with van der Waals surface area (Å²) in [6.07, 6.45) is 0. The lowest BCUT2D eigenvalue weighted by molar-refractivity contribution is 0.502. The minimum atomic E-state index is 0.331. The third-order valence-electron chi connectivity index (χ3n) is 2.79. The van der Waals surface area contributed by atoms with E-state index in [0.717, 1.165) is 24.7 Å². The van der Waals surface area contributed by atoms with Crippen LogP contribution in [0.25, 0.3) is 0 Å². The summed E-state index contributed by atoms with van der Waals surface area (Å²) >= 11 is 0. The van der Waals surface area contributed by atoms with Gasteiger partial charge in [0.15, 0.2) is 0 Å². The van der Waals surface area contributed by atoms with Crippen molar-refractivity contribution in [1.29, 1.82) is 0 Å². The monoisotopic (exact) mass is 180 g/mol. The van der Waals surface area contributed by atoms with Crippen LogP contribution < -0.4 is 10.6 Å². The first kappa shape index (κ1) is 8.56. The van der Waals surface area contributed by atoms with E-state index in [-0.39, 0.29) is 0 Å². The summed E-state index contributed by atoms with van der Waals surface area (Å²) in [5.74, 6) is 1.05. The van der Waals surface area contributed by atoms with E-state index in [1.165, 1.54) is 5.69 Å². The molecule has 0 saturated carbocycles. The first-order valence-corrected chi connectivity index (χ1v) is 4.60. The molecular formula is C9H16N4. The molecule has 0 amide bonds. The number of hydrogen-bond acceptors (Lipinski definition) is 3. The highest BCUT2D eigenvalue weighted by Crippen LogP contribution is 2.20. The summed E-state index contributed by atoms with van der Waals surface area (Å²) in [6.45, 7) is 6.00. The number of nitrogens with zero attached hydrogens (tertiary/aromatic N) is 3. The van der Waals surface area contributed by atoms with Crippen molar-refractivity contribution < 1.29 is 0 Å². The van der Waals surface area contributed by atoms with Crippen LogP contribution in [0.1, 0.15) is 11.4 Å². The lowest BCUT2D eigenvalue weighted by Gasteiger charge is -2.37. The minimum Gasteiger partial charge on any atom is -0.339 e. The fraction of sp³-hybridized carbons (Fsp3) is 0.667. The Morgan fingerprint density at radius 1 is 1.38 bits per heavy atom. The topological polar surface area (TPSA) is 47.1 Å². The van der Waals surface area contributed by atoms with Gasteiger partial charge in [0.25, 0.3) is 0 Å². The second-order valence-corrected chi connectivity index (χ2v) is 3.81. The highest BCUT2D eigenvalue weighted by atomic mass is 15.4. The Balaban J connectivity index is 2.26. The van der Waals surface area contributed by atoms with Crippen LogP contribution in [0.2, 0.25) is 0 Å². The lowest BCUT2D eigenvalue weighted by Crippen LogP contribution is -2.56. The third kappa shape index (κ3) is 1.21. The first-order chi connectivity index (χ1) is 6.09. The minimum absolute atomic E-state index is 0.331. The number of aryl methyl sites for hydroxylation is 1. The number of anilines is 1. The summed E-state index contributed by atoms with van der Waals surface area (Å²) in [5, 5.41) is 0. The van der Waals surface area contributed by atoms with Gasteiger partial charge in [-0.25, -0.2) is 4.98 Å². The van der Waals surface area contributed by atoms with Crippen LogP contribution in [0.3, 0.4) is 0 Å². The third-order valence-corrected chi connectivity index (χ3v) is 2.79. The van der Waals surface area contributed by atoms with E-state index in [2.05, 4.69) is 28.4 Å². The van der Waals surface area contributed by atoms with E-state index in [1.54, 1.807) is 0 Å². The zero-order valence-corrected chi connectivity index (χ0v) is 8.41. The molecule has 0 atom stereocenters. The van der Waals surface area contributed by atoms with E-state index in [1.807, 2.05) is 6.92 Å². The van der Waals surface area contributed by atoms with Crippen molar-refractivity contribution in [2.75, 3.05) is 18.0 Å². The molecule has 0 aromatic carbocycles. The standard InChI is InChI=1S/C9H16N4/c1-6-7(2)12(3)9(11-6)13-4-8(10)5-13/h8H,4-5,10H2,1-3H3. The van der Waals surface area contributed by atoms with E-state index >= 15 is 0 Å². The van der Waals surface area contributed by atoms with E-state index in [4.69, 9.17) is 5.73 Å². The van der Waals surface area contributed by atoms with Crippen molar-refractivity contribution in [2.45, 2.75) is 19.9 Å². The number of imidazole rings is 1. The van der Waals surface area contributed by atoms with Gasteiger partial charge in [-0.2, -0.15) is 0 Å². The molecule has 1 fully saturated rings. The molecule has 4 nitrogen and oxygen atoms in total. The lowest BCUT2D eigenvalue weighted by atomic mass is 10.1. The number of rotatable bonds is 1. The van der Waals surface area contributed by atoms with Gasteiger partial charge in [0.1, 0.15) is 0 Å². The predicted octanol–water partition coefficient (Wildman–Crippen LogP) is 0.184. The highest BCUT2D eigenvalue weighted by Gasteiger charge is 2.26. The molecule has 72 valence electrons. The van der Waals surface area contributed by atoms with E-state index in [0.29, 0.717) is 6.04 Å². The van der Waals surface area contributed by atoms with Gasteiger partial charge < -0.3 is 15.2 Å². The quantitative estimate of drug-likeness (QED) is 0.671. The maximum Gasteiger partial charge on any atom is 0.205 e. The van der Waals surface area contributed by atoms with Gasteiger partial charge in [-0.15, -0.1) is 0 Å². The maximum atomic E-state index is 5.72.